The third kappa shape index (κ3) is 5.93. The molecule has 0 aromatic rings. The first-order valence-corrected chi connectivity index (χ1v) is 8.17. The quantitative estimate of drug-likeness (QED) is 0.433. The molecule has 0 spiro atoms. The third-order valence-corrected chi connectivity index (χ3v) is 4.89. The Morgan fingerprint density at radius 2 is 1.53 bits per heavy atom. The molecule has 1 rings (SSSR count). The van der Waals surface area contributed by atoms with E-state index in [1.807, 2.05) is 0 Å². The molecule has 0 heterocycles. The van der Waals surface area contributed by atoms with Gasteiger partial charge in [-0.25, -0.2) is 0 Å². The minimum Gasteiger partial charge on any atom is -0.0654 e. The third-order valence-electron chi connectivity index (χ3n) is 4.89. The largest absolute Gasteiger partial charge is 0.0654 e. The molecule has 0 saturated heterocycles. The predicted octanol–water partition coefficient (Wildman–Crippen LogP) is 6.34. The maximum atomic E-state index is 2.50. The molecule has 0 aliphatic heterocycles. The van der Waals surface area contributed by atoms with Crippen molar-refractivity contribution in [1.82, 2.24) is 0 Å². The van der Waals surface area contributed by atoms with E-state index in [9.17, 15) is 0 Å². The Kier molecular flexibility index (Phi) is 7.23. The van der Waals surface area contributed by atoms with Gasteiger partial charge in [0.15, 0.2) is 0 Å². The zero-order valence-electron chi connectivity index (χ0n) is 12.6. The molecule has 1 atom stereocenters. The molecule has 0 amide bonds. The Balaban J connectivity index is 2.01. The lowest BCUT2D eigenvalue weighted by Crippen LogP contribution is -2.27. The van der Waals surface area contributed by atoms with Crippen molar-refractivity contribution in [2.45, 2.75) is 97.8 Å². The van der Waals surface area contributed by atoms with Crippen LogP contribution in [-0.2, 0) is 0 Å². The molecule has 0 aromatic carbocycles. The Morgan fingerprint density at radius 1 is 0.882 bits per heavy atom. The van der Waals surface area contributed by atoms with Gasteiger partial charge in [0.25, 0.3) is 0 Å². The fourth-order valence-corrected chi connectivity index (χ4v) is 3.45. The van der Waals surface area contributed by atoms with E-state index >= 15 is 0 Å². The van der Waals surface area contributed by atoms with Crippen molar-refractivity contribution < 1.29 is 0 Å². The maximum Gasteiger partial charge on any atom is -0.0326 e. The van der Waals surface area contributed by atoms with Crippen molar-refractivity contribution in [3.8, 4) is 0 Å². The Bertz CT molecular complexity index is 180. The second kappa shape index (κ2) is 8.16. The van der Waals surface area contributed by atoms with E-state index in [1.54, 1.807) is 0 Å². The van der Waals surface area contributed by atoms with Crippen LogP contribution in [0.5, 0.6) is 0 Å². The first-order chi connectivity index (χ1) is 8.17. The van der Waals surface area contributed by atoms with Crippen LogP contribution >= 0.6 is 0 Å². The summed E-state index contributed by atoms with van der Waals surface area (Å²) in [5, 5.41) is 0. The van der Waals surface area contributed by atoms with E-state index < -0.39 is 0 Å². The molecule has 0 heteroatoms. The van der Waals surface area contributed by atoms with Crippen molar-refractivity contribution in [2.24, 2.45) is 11.3 Å². The summed E-state index contributed by atoms with van der Waals surface area (Å²) in [5.41, 5.74) is 0.639. The lowest BCUT2D eigenvalue weighted by molar-refractivity contribution is 0.126. The topological polar surface area (TPSA) is 0 Å². The zero-order valence-corrected chi connectivity index (χ0v) is 12.6. The molecule has 17 heavy (non-hydrogen) atoms. The zero-order chi connectivity index (χ0) is 12.6. The van der Waals surface area contributed by atoms with Gasteiger partial charge in [0, 0.05) is 0 Å². The van der Waals surface area contributed by atoms with E-state index in [1.165, 1.54) is 77.0 Å². The highest BCUT2D eigenvalue weighted by atomic mass is 14.4. The predicted molar refractivity (Wildman–Crippen MR) is 78.3 cm³/mol. The summed E-state index contributed by atoms with van der Waals surface area (Å²) in [6.07, 6.45) is 17.6. The molecule has 0 nitrogen and oxygen atoms in total. The van der Waals surface area contributed by atoms with Gasteiger partial charge in [0.1, 0.15) is 0 Å². The van der Waals surface area contributed by atoms with E-state index in [0.29, 0.717) is 5.41 Å². The number of unbranched alkanes of at least 4 members (excludes halogenated alkanes) is 6. The van der Waals surface area contributed by atoms with Crippen molar-refractivity contribution in [1.29, 1.82) is 0 Å². The molecule has 0 bridgehead atoms. The van der Waals surface area contributed by atoms with Gasteiger partial charge in [0.2, 0.25) is 0 Å². The van der Waals surface area contributed by atoms with Crippen molar-refractivity contribution >= 4 is 0 Å². The smallest absolute Gasteiger partial charge is 0.0326 e. The number of rotatable bonds is 8. The van der Waals surface area contributed by atoms with Crippen molar-refractivity contribution in [2.75, 3.05) is 0 Å². The molecule has 1 unspecified atom stereocenters. The normalized spacial score (nSPS) is 23.8. The molecular weight excluding hydrogens is 204 g/mol. The van der Waals surface area contributed by atoms with Crippen LogP contribution in [0, 0.1) is 11.3 Å². The molecule has 1 saturated carbocycles. The molecule has 0 aromatic heterocycles. The van der Waals surface area contributed by atoms with Crippen LogP contribution in [-0.4, -0.2) is 0 Å². The van der Waals surface area contributed by atoms with E-state index in [0.717, 1.165) is 5.92 Å². The van der Waals surface area contributed by atoms with Crippen LogP contribution in [0.25, 0.3) is 0 Å². The van der Waals surface area contributed by atoms with Crippen LogP contribution in [0.4, 0.5) is 0 Å². The first-order valence-electron chi connectivity index (χ1n) is 8.17. The van der Waals surface area contributed by atoms with Crippen LogP contribution in [0.2, 0.25) is 0 Å². The van der Waals surface area contributed by atoms with Gasteiger partial charge < -0.3 is 0 Å². The van der Waals surface area contributed by atoms with Gasteiger partial charge in [-0.15, -0.1) is 0 Å². The highest BCUT2D eigenvalue weighted by Crippen LogP contribution is 2.43. The summed E-state index contributed by atoms with van der Waals surface area (Å²) in [6.45, 7) is 7.29. The summed E-state index contributed by atoms with van der Waals surface area (Å²) in [4.78, 5) is 0. The molecule has 1 fully saturated rings. The highest BCUT2D eigenvalue weighted by Gasteiger charge is 2.31. The van der Waals surface area contributed by atoms with E-state index in [2.05, 4.69) is 20.8 Å². The Morgan fingerprint density at radius 3 is 2.18 bits per heavy atom. The van der Waals surface area contributed by atoms with Crippen LogP contribution in [0.1, 0.15) is 97.8 Å². The molecule has 0 radical (unpaired) electrons. The molecule has 1 aliphatic carbocycles. The van der Waals surface area contributed by atoms with Gasteiger partial charge in [-0.2, -0.15) is 0 Å². The Labute approximate surface area is 110 Å². The molecular formula is C17H34. The Hall–Kier alpha value is 0. The lowest BCUT2D eigenvalue weighted by Gasteiger charge is -2.38. The molecule has 1 aliphatic rings. The number of hydrogen-bond donors (Lipinski definition) is 0. The maximum absolute atomic E-state index is 2.50. The minimum atomic E-state index is 0.639. The lowest BCUT2D eigenvalue weighted by atomic mass is 9.67. The van der Waals surface area contributed by atoms with Gasteiger partial charge in [0.05, 0.1) is 0 Å². The van der Waals surface area contributed by atoms with Crippen molar-refractivity contribution in [3.63, 3.8) is 0 Å². The average molecular weight is 238 g/mol. The fraction of sp³-hybridized carbons (Fsp3) is 1.00. The second-order valence-electron chi connectivity index (χ2n) is 6.84. The summed E-state index contributed by atoms with van der Waals surface area (Å²) in [6, 6.07) is 0. The van der Waals surface area contributed by atoms with E-state index in [-0.39, 0.29) is 0 Å². The van der Waals surface area contributed by atoms with Crippen LogP contribution in [0.15, 0.2) is 0 Å². The summed E-state index contributed by atoms with van der Waals surface area (Å²) in [5.74, 6) is 1.02. The molecule has 0 N–H and O–H groups in total. The van der Waals surface area contributed by atoms with Gasteiger partial charge in [-0.05, 0) is 30.6 Å². The van der Waals surface area contributed by atoms with Crippen LogP contribution in [0.3, 0.4) is 0 Å². The standard InChI is InChI=1S/C17H34/c1-4-5-6-7-8-9-10-13-16-14-11-12-15-17(16,2)3/h16H,4-15H2,1-3H3. The fourth-order valence-electron chi connectivity index (χ4n) is 3.45. The average Bonchev–Trinajstić information content (AvgIpc) is 2.29. The SMILES string of the molecule is CCCCCCCCCC1CCCCC1(C)C. The van der Waals surface area contributed by atoms with E-state index in [4.69, 9.17) is 0 Å². The summed E-state index contributed by atoms with van der Waals surface area (Å²) in [7, 11) is 0. The monoisotopic (exact) mass is 238 g/mol. The second-order valence-corrected chi connectivity index (χ2v) is 6.84. The van der Waals surface area contributed by atoms with Gasteiger partial charge in [-0.3, -0.25) is 0 Å². The highest BCUT2D eigenvalue weighted by molar-refractivity contribution is 4.82. The van der Waals surface area contributed by atoms with Crippen molar-refractivity contribution in [3.05, 3.63) is 0 Å². The summed E-state index contributed by atoms with van der Waals surface area (Å²) >= 11 is 0. The number of hydrogen-bond acceptors (Lipinski definition) is 0. The van der Waals surface area contributed by atoms with Gasteiger partial charge >= 0.3 is 0 Å². The minimum absolute atomic E-state index is 0.639. The summed E-state index contributed by atoms with van der Waals surface area (Å²) < 4.78 is 0. The molecule has 102 valence electrons. The van der Waals surface area contributed by atoms with Gasteiger partial charge in [-0.1, -0.05) is 78.6 Å². The van der Waals surface area contributed by atoms with Crippen LogP contribution < -0.4 is 0 Å². The first kappa shape index (κ1) is 15.1.